The van der Waals surface area contributed by atoms with E-state index in [4.69, 9.17) is 0 Å². The highest BCUT2D eigenvalue weighted by molar-refractivity contribution is 5.25. The Morgan fingerprint density at radius 1 is 1.04 bits per heavy atom. The minimum absolute atomic E-state index is 0.0931. The highest BCUT2D eigenvalue weighted by Crippen LogP contribution is 2.66. The molecule has 3 fully saturated rings. The van der Waals surface area contributed by atoms with Gasteiger partial charge in [0, 0.05) is 0 Å². The average Bonchev–Trinajstić information content (AvgIpc) is 2.95. The van der Waals surface area contributed by atoms with Crippen molar-refractivity contribution in [3.63, 3.8) is 0 Å². The largest absolute Gasteiger partial charge is 0.393 e. The van der Waals surface area contributed by atoms with Crippen LogP contribution in [0.3, 0.4) is 0 Å². The third kappa shape index (κ3) is 3.62. The van der Waals surface area contributed by atoms with Crippen LogP contribution in [0.5, 0.6) is 0 Å². The predicted molar refractivity (Wildman–Crippen MR) is 116 cm³/mol. The lowest BCUT2D eigenvalue weighted by molar-refractivity contribution is -0.0510. The average molecular weight is 389 g/mol. The molecule has 4 aliphatic carbocycles. The van der Waals surface area contributed by atoms with E-state index in [-0.39, 0.29) is 6.10 Å². The normalized spacial score (nSPS) is 45.8. The van der Waals surface area contributed by atoms with Gasteiger partial charge in [-0.2, -0.15) is 0 Å². The summed E-state index contributed by atoms with van der Waals surface area (Å²) in [5.74, 6) is 3.54. The van der Waals surface area contributed by atoms with Gasteiger partial charge < -0.3 is 10.2 Å². The molecule has 28 heavy (non-hydrogen) atoms. The van der Waals surface area contributed by atoms with Gasteiger partial charge in [0.1, 0.15) is 0 Å². The predicted octanol–water partition coefficient (Wildman–Crippen LogP) is 6.26. The fourth-order valence-corrected chi connectivity index (χ4v) is 8.17. The summed E-state index contributed by atoms with van der Waals surface area (Å²) < 4.78 is 0. The van der Waals surface area contributed by atoms with Crippen molar-refractivity contribution in [2.75, 3.05) is 0 Å². The number of fused-ring (bicyclic) bond motifs is 5. The molecule has 2 heteroatoms. The SMILES string of the molecule is CC(C)(O)CCCCC1CCC2C3CC=C4CC(O)CCC4(C)C3CCC12C. The van der Waals surface area contributed by atoms with Crippen molar-refractivity contribution < 1.29 is 10.2 Å². The number of rotatable bonds is 5. The molecule has 0 aliphatic heterocycles. The maximum absolute atomic E-state index is 10.2. The van der Waals surface area contributed by atoms with E-state index in [1.165, 1.54) is 57.8 Å². The van der Waals surface area contributed by atoms with Gasteiger partial charge >= 0.3 is 0 Å². The molecule has 2 N–H and O–H groups in total. The second kappa shape index (κ2) is 7.41. The van der Waals surface area contributed by atoms with Crippen LogP contribution in [-0.2, 0) is 0 Å². The summed E-state index contributed by atoms with van der Waals surface area (Å²) >= 11 is 0. The molecule has 4 aliphatic rings. The summed E-state index contributed by atoms with van der Waals surface area (Å²) in [6.45, 7) is 9.05. The smallest absolute Gasteiger partial charge is 0.0591 e. The van der Waals surface area contributed by atoms with E-state index in [1.807, 2.05) is 13.8 Å². The van der Waals surface area contributed by atoms with E-state index >= 15 is 0 Å². The Morgan fingerprint density at radius 3 is 2.57 bits per heavy atom. The minimum Gasteiger partial charge on any atom is -0.393 e. The van der Waals surface area contributed by atoms with Crippen LogP contribution >= 0.6 is 0 Å². The second-order valence-corrected chi connectivity index (χ2v) is 12.0. The summed E-state index contributed by atoms with van der Waals surface area (Å²) in [6.07, 6.45) is 17.3. The topological polar surface area (TPSA) is 40.5 Å². The quantitative estimate of drug-likeness (QED) is 0.431. The first-order valence-electron chi connectivity index (χ1n) is 12.2. The van der Waals surface area contributed by atoms with Gasteiger partial charge in [-0.05, 0) is 113 Å². The van der Waals surface area contributed by atoms with E-state index in [0.717, 1.165) is 42.9 Å². The molecular weight excluding hydrogens is 344 g/mol. The lowest BCUT2D eigenvalue weighted by Gasteiger charge is -2.58. The summed E-state index contributed by atoms with van der Waals surface area (Å²) in [5.41, 5.74) is 2.01. The Balaban J connectivity index is 1.43. The summed E-state index contributed by atoms with van der Waals surface area (Å²) in [5, 5.41) is 20.2. The Bertz CT molecular complexity index is 602. The van der Waals surface area contributed by atoms with Gasteiger partial charge in [-0.1, -0.05) is 38.3 Å². The summed E-state index contributed by atoms with van der Waals surface area (Å²) in [6, 6.07) is 0. The number of unbranched alkanes of at least 4 members (excludes halogenated alkanes) is 1. The number of hydrogen-bond acceptors (Lipinski definition) is 2. The van der Waals surface area contributed by atoms with Crippen LogP contribution in [0.2, 0.25) is 0 Å². The molecular formula is C26H44O2. The van der Waals surface area contributed by atoms with Crippen LogP contribution in [0.4, 0.5) is 0 Å². The van der Waals surface area contributed by atoms with Crippen LogP contribution in [-0.4, -0.2) is 21.9 Å². The number of allylic oxidation sites excluding steroid dienone is 1. The van der Waals surface area contributed by atoms with Crippen molar-refractivity contribution in [2.45, 2.75) is 116 Å². The van der Waals surface area contributed by atoms with Gasteiger partial charge in [-0.3, -0.25) is 0 Å². The fraction of sp³-hybridized carbons (Fsp3) is 0.923. The molecule has 0 heterocycles. The van der Waals surface area contributed by atoms with Crippen molar-refractivity contribution in [1.82, 2.24) is 0 Å². The molecule has 0 aromatic rings. The molecule has 4 rings (SSSR count). The van der Waals surface area contributed by atoms with Gasteiger partial charge in [0.15, 0.2) is 0 Å². The van der Waals surface area contributed by atoms with E-state index in [9.17, 15) is 10.2 Å². The van der Waals surface area contributed by atoms with Gasteiger partial charge in [0.05, 0.1) is 11.7 Å². The fourth-order valence-electron chi connectivity index (χ4n) is 8.17. The van der Waals surface area contributed by atoms with Gasteiger partial charge in [0.25, 0.3) is 0 Å². The Hall–Kier alpha value is -0.340. The molecule has 2 nitrogen and oxygen atoms in total. The maximum atomic E-state index is 10.2. The molecule has 0 aromatic carbocycles. The molecule has 0 spiro atoms. The van der Waals surface area contributed by atoms with Gasteiger partial charge in [-0.25, -0.2) is 0 Å². The van der Waals surface area contributed by atoms with E-state index in [1.54, 1.807) is 5.57 Å². The first-order valence-corrected chi connectivity index (χ1v) is 12.2. The lowest BCUT2D eigenvalue weighted by atomic mass is 9.47. The number of hydrogen-bond donors (Lipinski definition) is 2. The van der Waals surface area contributed by atoms with E-state index in [2.05, 4.69) is 19.9 Å². The highest BCUT2D eigenvalue weighted by atomic mass is 16.3. The zero-order valence-corrected chi connectivity index (χ0v) is 18.8. The van der Waals surface area contributed by atoms with Crippen LogP contribution < -0.4 is 0 Å². The summed E-state index contributed by atoms with van der Waals surface area (Å²) in [7, 11) is 0. The van der Waals surface area contributed by atoms with Gasteiger partial charge in [0.2, 0.25) is 0 Å². The van der Waals surface area contributed by atoms with E-state index in [0.29, 0.717) is 10.8 Å². The lowest BCUT2D eigenvalue weighted by Crippen LogP contribution is -2.50. The zero-order chi connectivity index (χ0) is 20.2. The van der Waals surface area contributed by atoms with Crippen LogP contribution in [0.25, 0.3) is 0 Å². The Kier molecular flexibility index (Phi) is 5.54. The van der Waals surface area contributed by atoms with Crippen molar-refractivity contribution in [3.05, 3.63) is 11.6 Å². The first kappa shape index (κ1) is 20.9. The third-order valence-corrected chi connectivity index (χ3v) is 9.87. The Morgan fingerprint density at radius 2 is 1.82 bits per heavy atom. The molecule has 7 unspecified atom stereocenters. The number of aliphatic hydroxyl groups is 2. The van der Waals surface area contributed by atoms with Crippen LogP contribution in [0, 0.1) is 34.5 Å². The van der Waals surface area contributed by atoms with Crippen molar-refractivity contribution in [1.29, 1.82) is 0 Å². The number of aliphatic hydroxyl groups excluding tert-OH is 1. The third-order valence-electron chi connectivity index (χ3n) is 9.87. The van der Waals surface area contributed by atoms with Crippen LogP contribution in [0.15, 0.2) is 11.6 Å². The Labute approximate surface area is 173 Å². The molecule has 3 saturated carbocycles. The maximum Gasteiger partial charge on any atom is 0.0591 e. The molecule has 0 saturated heterocycles. The molecule has 160 valence electrons. The molecule has 0 amide bonds. The minimum atomic E-state index is -0.505. The molecule has 0 bridgehead atoms. The van der Waals surface area contributed by atoms with Crippen molar-refractivity contribution in [2.24, 2.45) is 34.5 Å². The van der Waals surface area contributed by atoms with E-state index < -0.39 is 5.60 Å². The molecule has 0 radical (unpaired) electrons. The van der Waals surface area contributed by atoms with Crippen LogP contribution in [0.1, 0.15) is 105 Å². The second-order valence-electron chi connectivity index (χ2n) is 12.0. The van der Waals surface area contributed by atoms with Gasteiger partial charge in [-0.15, -0.1) is 0 Å². The zero-order valence-electron chi connectivity index (χ0n) is 18.8. The highest BCUT2D eigenvalue weighted by Gasteiger charge is 2.58. The molecule has 0 aromatic heterocycles. The first-order chi connectivity index (χ1) is 13.1. The molecule has 7 atom stereocenters. The standard InChI is InChI=1S/C26H44O2/c1-24(2,28)14-6-5-7-18-9-11-22-21-10-8-19-17-20(27)12-15-26(19,4)23(21)13-16-25(18,22)3/h8,18,20-23,27-28H,5-7,9-17H2,1-4H3. The van der Waals surface area contributed by atoms with Crippen molar-refractivity contribution in [3.8, 4) is 0 Å². The summed E-state index contributed by atoms with van der Waals surface area (Å²) in [4.78, 5) is 0. The monoisotopic (exact) mass is 388 g/mol. The van der Waals surface area contributed by atoms with Crippen molar-refractivity contribution >= 4 is 0 Å².